The summed E-state index contributed by atoms with van der Waals surface area (Å²) in [6, 6.07) is 0.422. The highest BCUT2D eigenvalue weighted by Gasteiger charge is 2.26. The van der Waals surface area contributed by atoms with Crippen molar-refractivity contribution in [3.05, 3.63) is 0 Å². The van der Waals surface area contributed by atoms with Crippen LogP contribution >= 0.6 is 0 Å². The molecular weight excluding hydrogens is 152 g/mol. The van der Waals surface area contributed by atoms with Crippen molar-refractivity contribution in [2.45, 2.75) is 39.2 Å². The Balaban J connectivity index is 2.03. The van der Waals surface area contributed by atoms with Crippen LogP contribution in [0.2, 0.25) is 0 Å². The lowest BCUT2D eigenvalue weighted by Crippen LogP contribution is -2.47. The molecule has 0 unspecified atom stereocenters. The molecule has 3 nitrogen and oxygen atoms in total. The molecule has 0 heterocycles. The van der Waals surface area contributed by atoms with Crippen LogP contribution in [0.15, 0.2) is 0 Å². The van der Waals surface area contributed by atoms with Crippen LogP contribution in [0.25, 0.3) is 0 Å². The monoisotopic (exact) mass is 170 g/mol. The molecule has 3 heteroatoms. The molecule has 0 aromatic heterocycles. The van der Waals surface area contributed by atoms with Gasteiger partial charge in [0.25, 0.3) is 0 Å². The van der Waals surface area contributed by atoms with Gasteiger partial charge >= 0.3 is 6.03 Å². The molecule has 0 aliphatic heterocycles. The van der Waals surface area contributed by atoms with Crippen molar-refractivity contribution in [3.63, 3.8) is 0 Å². The standard InChI is InChI=1S/C9H18N2O/c1-3-4-10-9(12)11-8-5-7(2)6-8/h7-8H,3-6H2,1-2H3,(H2,10,11,12). The van der Waals surface area contributed by atoms with Gasteiger partial charge in [-0.15, -0.1) is 0 Å². The van der Waals surface area contributed by atoms with Crippen LogP contribution in [0.1, 0.15) is 33.1 Å². The van der Waals surface area contributed by atoms with Gasteiger partial charge in [-0.25, -0.2) is 4.79 Å². The van der Waals surface area contributed by atoms with E-state index in [9.17, 15) is 4.79 Å². The molecule has 0 bridgehead atoms. The predicted octanol–water partition coefficient (Wildman–Crippen LogP) is 1.49. The van der Waals surface area contributed by atoms with Crippen molar-refractivity contribution in [3.8, 4) is 0 Å². The third-order valence-electron chi connectivity index (χ3n) is 2.24. The lowest BCUT2D eigenvalue weighted by molar-refractivity contribution is 0.210. The smallest absolute Gasteiger partial charge is 0.315 e. The lowest BCUT2D eigenvalue weighted by atomic mass is 9.82. The second-order valence-corrected chi connectivity index (χ2v) is 3.67. The van der Waals surface area contributed by atoms with E-state index in [1.807, 2.05) is 6.92 Å². The Morgan fingerprint density at radius 2 is 2.17 bits per heavy atom. The molecule has 0 spiro atoms. The minimum Gasteiger partial charge on any atom is -0.338 e. The molecule has 1 aliphatic rings. The number of rotatable bonds is 3. The van der Waals surface area contributed by atoms with Gasteiger partial charge in [-0.2, -0.15) is 0 Å². The number of hydrogen-bond acceptors (Lipinski definition) is 1. The topological polar surface area (TPSA) is 41.1 Å². The summed E-state index contributed by atoms with van der Waals surface area (Å²) in [5.41, 5.74) is 0. The molecule has 2 N–H and O–H groups in total. The maximum atomic E-state index is 11.1. The van der Waals surface area contributed by atoms with Gasteiger partial charge in [-0.1, -0.05) is 13.8 Å². The Labute approximate surface area is 73.9 Å². The Morgan fingerprint density at radius 3 is 2.67 bits per heavy atom. The maximum Gasteiger partial charge on any atom is 0.315 e. The molecule has 0 saturated heterocycles. The highest BCUT2D eigenvalue weighted by atomic mass is 16.2. The van der Waals surface area contributed by atoms with Gasteiger partial charge in [0, 0.05) is 12.6 Å². The lowest BCUT2D eigenvalue weighted by Gasteiger charge is -2.33. The summed E-state index contributed by atoms with van der Waals surface area (Å²) in [5.74, 6) is 0.793. The van der Waals surface area contributed by atoms with Crippen LogP contribution in [0, 0.1) is 5.92 Å². The fourth-order valence-electron chi connectivity index (χ4n) is 1.50. The zero-order valence-electron chi connectivity index (χ0n) is 7.89. The van der Waals surface area contributed by atoms with Crippen molar-refractivity contribution in [1.29, 1.82) is 0 Å². The maximum absolute atomic E-state index is 11.1. The normalized spacial score (nSPS) is 27.5. The SMILES string of the molecule is CCCNC(=O)NC1CC(C)C1. The molecule has 1 fully saturated rings. The van der Waals surface area contributed by atoms with Gasteiger partial charge in [-0.05, 0) is 25.2 Å². The summed E-state index contributed by atoms with van der Waals surface area (Å²) in [4.78, 5) is 11.1. The number of nitrogens with one attached hydrogen (secondary N) is 2. The summed E-state index contributed by atoms with van der Waals surface area (Å²) in [6.45, 7) is 5.03. The minimum absolute atomic E-state index is 0.00579. The molecule has 12 heavy (non-hydrogen) atoms. The average Bonchev–Trinajstić information content (AvgIpc) is 1.98. The first-order chi connectivity index (χ1) is 5.72. The fraction of sp³-hybridized carbons (Fsp3) is 0.889. The molecule has 70 valence electrons. The van der Waals surface area contributed by atoms with E-state index in [2.05, 4.69) is 17.6 Å². The molecule has 0 aromatic carbocycles. The Kier molecular flexibility index (Phi) is 3.38. The van der Waals surface area contributed by atoms with Crippen LogP contribution < -0.4 is 10.6 Å². The predicted molar refractivity (Wildman–Crippen MR) is 49.0 cm³/mol. The van der Waals surface area contributed by atoms with Crippen LogP contribution in [-0.4, -0.2) is 18.6 Å². The van der Waals surface area contributed by atoms with Gasteiger partial charge in [0.2, 0.25) is 0 Å². The number of carbonyl (C=O) groups is 1. The van der Waals surface area contributed by atoms with E-state index in [1.54, 1.807) is 0 Å². The fourth-order valence-corrected chi connectivity index (χ4v) is 1.50. The molecule has 0 atom stereocenters. The molecule has 1 aliphatic carbocycles. The van der Waals surface area contributed by atoms with Gasteiger partial charge in [0.15, 0.2) is 0 Å². The van der Waals surface area contributed by atoms with Crippen LogP contribution in [-0.2, 0) is 0 Å². The first-order valence-electron chi connectivity index (χ1n) is 4.76. The van der Waals surface area contributed by atoms with Gasteiger partial charge in [-0.3, -0.25) is 0 Å². The average molecular weight is 170 g/mol. The number of amides is 2. The third kappa shape index (κ3) is 2.72. The molecule has 0 radical (unpaired) electrons. The summed E-state index contributed by atoms with van der Waals surface area (Å²) >= 11 is 0. The minimum atomic E-state index is -0.00579. The van der Waals surface area contributed by atoms with Crippen LogP contribution in [0.3, 0.4) is 0 Å². The van der Waals surface area contributed by atoms with Crippen LogP contribution in [0.4, 0.5) is 4.79 Å². The Bertz CT molecular complexity index is 153. The molecule has 1 saturated carbocycles. The molecular formula is C9H18N2O. The summed E-state index contributed by atoms with van der Waals surface area (Å²) in [7, 11) is 0. The Morgan fingerprint density at radius 1 is 1.50 bits per heavy atom. The van der Waals surface area contributed by atoms with Crippen LogP contribution in [0.5, 0.6) is 0 Å². The van der Waals surface area contributed by atoms with Crippen molar-refractivity contribution >= 4 is 6.03 Å². The first-order valence-corrected chi connectivity index (χ1v) is 4.76. The summed E-state index contributed by atoms with van der Waals surface area (Å²) in [6.07, 6.45) is 3.27. The number of carbonyl (C=O) groups excluding carboxylic acids is 1. The van der Waals surface area contributed by atoms with E-state index < -0.39 is 0 Å². The van der Waals surface area contributed by atoms with E-state index >= 15 is 0 Å². The van der Waals surface area contributed by atoms with Gasteiger partial charge in [0.1, 0.15) is 0 Å². The summed E-state index contributed by atoms with van der Waals surface area (Å²) < 4.78 is 0. The van der Waals surface area contributed by atoms with Gasteiger partial charge in [0.05, 0.1) is 0 Å². The van der Waals surface area contributed by atoms with E-state index in [-0.39, 0.29) is 6.03 Å². The number of urea groups is 1. The Hall–Kier alpha value is -0.730. The number of hydrogen-bond donors (Lipinski definition) is 2. The molecule has 2 amide bonds. The molecule has 0 aromatic rings. The van der Waals surface area contributed by atoms with Gasteiger partial charge < -0.3 is 10.6 Å². The molecule has 1 rings (SSSR count). The quantitative estimate of drug-likeness (QED) is 0.662. The van der Waals surface area contributed by atoms with Crippen molar-refractivity contribution in [2.75, 3.05) is 6.54 Å². The van der Waals surface area contributed by atoms with Crippen molar-refractivity contribution < 1.29 is 4.79 Å². The summed E-state index contributed by atoms with van der Waals surface area (Å²) in [5, 5.41) is 5.73. The highest BCUT2D eigenvalue weighted by Crippen LogP contribution is 2.25. The second kappa shape index (κ2) is 4.33. The van der Waals surface area contributed by atoms with Crippen molar-refractivity contribution in [1.82, 2.24) is 10.6 Å². The second-order valence-electron chi connectivity index (χ2n) is 3.67. The van der Waals surface area contributed by atoms with E-state index in [1.165, 1.54) is 0 Å². The largest absolute Gasteiger partial charge is 0.338 e. The van der Waals surface area contributed by atoms with E-state index in [0.717, 1.165) is 31.7 Å². The third-order valence-corrected chi connectivity index (χ3v) is 2.24. The van der Waals surface area contributed by atoms with Crippen molar-refractivity contribution in [2.24, 2.45) is 5.92 Å². The first kappa shape index (κ1) is 9.36. The zero-order valence-corrected chi connectivity index (χ0v) is 7.89. The highest BCUT2D eigenvalue weighted by molar-refractivity contribution is 5.74. The zero-order chi connectivity index (χ0) is 8.97. The van der Waals surface area contributed by atoms with E-state index in [4.69, 9.17) is 0 Å². The van der Waals surface area contributed by atoms with E-state index in [0.29, 0.717) is 6.04 Å².